The molecule has 0 spiro atoms. The normalized spacial score (nSPS) is 13.4. The van der Waals surface area contributed by atoms with Crippen LogP contribution in [-0.2, 0) is 6.42 Å². The minimum atomic E-state index is -0.810. The molecule has 0 saturated carbocycles. The molecule has 1 rings (SSSR count). The molecule has 1 atom stereocenters. The van der Waals surface area contributed by atoms with Crippen molar-refractivity contribution >= 4 is 5.96 Å². The van der Waals surface area contributed by atoms with Crippen LogP contribution in [0, 0.1) is 17.6 Å². The molecule has 1 aromatic carbocycles. The Balaban J connectivity index is 2.64. The monoisotopic (exact) mass is 297 g/mol. The van der Waals surface area contributed by atoms with Crippen molar-refractivity contribution in [2.24, 2.45) is 10.9 Å². The molecule has 0 bridgehead atoms. The number of hydrogen-bond donors (Lipinski definition) is 2. The van der Waals surface area contributed by atoms with Gasteiger partial charge in [-0.3, -0.25) is 4.99 Å². The lowest BCUT2D eigenvalue weighted by molar-refractivity contribution is 0.480. The number of benzene rings is 1. The SMILES string of the molecule is CCNC(=NCCc1cccc(F)c1F)NC(C)C(C)C. The van der Waals surface area contributed by atoms with Gasteiger partial charge < -0.3 is 10.6 Å². The Morgan fingerprint density at radius 1 is 1.24 bits per heavy atom. The third-order valence-electron chi connectivity index (χ3n) is 3.39. The van der Waals surface area contributed by atoms with E-state index in [4.69, 9.17) is 0 Å². The van der Waals surface area contributed by atoms with E-state index < -0.39 is 11.6 Å². The second-order valence-electron chi connectivity index (χ2n) is 5.40. The van der Waals surface area contributed by atoms with Gasteiger partial charge in [-0.05, 0) is 37.8 Å². The van der Waals surface area contributed by atoms with Gasteiger partial charge in [0.25, 0.3) is 0 Å². The molecule has 0 aromatic heterocycles. The summed E-state index contributed by atoms with van der Waals surface area (Å²) in [5.74, 6) is -0.402. The van der Waals surface area contributed by atoms with E-state index in [2.05, 4.69) is 36.4 Å². The first-order valence-electron chi connectivity index (χ1n) is 7.43. The summed E-state index contributed by atoms with van der Waals surface area (Å²) in [6.07, 6.45) is 0.371. The van der Waals surface area contributed by atoms with Crippen LogP contribution in [0.3, 0.4) is 0 Å². The quantitative estimate of drug-likeness (QED) is 0.625. The van der Waals surface area contributed by atoms with E-state index >= 15 is 0 Å². The highest BCUT2D eigenvalue weighted by atomic mass is 19.2. The highest BCUT2D eigenvalue weighted by Crippen LogP contribution is 2.11. The molecule has 0 radical (unpaired) electrons. The van der Waals surface area contributed by atoms with Gasteiger partial charge in [-0.2, -0.15) is 0 Å². The topological polar surface area (TPSA) is 36.4 Å². The number of hydrogen-bond acceptors (Lipinski definition) is 1. The van der Waals surface area contributed by atoms with Crippen LogP contribution < -0.4 is 10.6 Å². The molecule has 0 amide bonds. The fourth-order valence-corrected chi connectivity index (χ4v) is 1.73. The first-order chi connectivity index (χ1) is 9.95. The average Bonchev–Trinajstić information content (AvgIpc) is 2.43. The summed E-state index contributed by atoms with van der Waals surface area (Å²) >= 11 is 0. The molecule has 1 unspecified atom stereocenters. The first-order valence-corrected chi connectivity index (χ1v) is 7.43. The van der Waals surface area contributed by atoms with Crippen molar-refractivity contribution in [2.45, 2.75) is 40.2 Å². The Hall–Kier alpha value is -1.65. The molecule has 5 heteroatoms. The van der Waals surface area contributed by atoms with E-state index in [-0.39, 0.29) is 6.04 Å². The van der Waals surface area contributed by atoms with Crippen LogP contribution in [0.4, 0.5) is 8.78 Å². The van der Waals surface area contributed by atoms with Crippen LogP contribution >= 0.6 is 0 Å². The second kappa shape index (κ2) is 8.60. The Morgan fingerprint density at radius 3 is 2.57 bits per heavy atom. The van der Waals surface area contributed by atoms with Crippen molar-refractivity contribution in [1.29, 1.82) is 0 Å². The van der Waals surface area contributed by atoms with Crippen LogP contribution in [0.25, 0.3) is 0 Å². The lowest BCUT2D eigenvalue weighted by atomic mass is 10.1. The summed E-state index contributed by atoms with van der Waals surface area (Å²) in [5, 5.41) is 6.45. The van der Waals surface area contributed by atoms with Crippen LogP contribution in [0.15, 0.2) is 23.2 Å². The summed E-state index contributed by atoms with van der Waals surface area (Å²) < 4.78 is 26.6. The second-order valence-corrected chi connectivity index (χ2v) is 5.40. The molecule has 21 heavy (non-hydrogen) atoms. The predicted octanol–water partition coefficient (Wildman–Crippen LogP) is 3.11. The minimum absolute atomic E-state index is 0.286. The summed E-state index contributed by atoms with van der Waals surface area (Å²) in [7, 11) is 0. The number of guanidine groups is 1. The molecule has 0 heterocycles. The summed E-state index contributed by atoms with van der Waals surface area (Å²) in [6.45, 7) is 9.49. The van der Waals surface area contributed by atoms with Gasteiger partial charge in [0.2, 0.25) is 0 Å². The molecule has 0 aliphatic carbocycles. The lowest BCUT2D eigenvalue weighted by Crippen LogP contribution is -2.44. The summed E-state index contributed by atoms with van der Waals surface area (Å²) in [5.41, 5.74) is 0.353. The van der Waals surface area contributed by atoms with E-state index in [0.717, 1.165) is 12.6 Å². The van der Waals surface area contributed by atoms with Crippen molar-refractivity contribution in [1.82, 2.24) is 10.6 Å². The largest absolute Gasteiger partial charge is 0.357 e. The van der Waals surface area contributed by atoms with Gasteiger partial charge in [-0.15, -0.1) is 0 Å². The van der Waals surface area contributed by atoms with Gasteiger partial charge in [-0.25, -0.2) is 8.78 Å². The zero-order valence-corrected chi connectivity index (χ0v) is 13.2. The van der Waals surface area contributed by atoms with Gasteiger partial charge in [0.1, 0.15) is 0 Å². The van der Waals surface area contributed by atoms with Crippen molar-refractivity contribution in [3.05, 3.63) is 35.4 Å². The van der Waals surface area contributed by atoms with Gasteiger partial charge in [0.15, 0.2) is 17.6 Å². The zero-order valence-electron chi connectivity index (χ0n) is 13.2. The van der Waals surface area contributed by atoms with Crippen molar-refractivity contribution in [3.8, 4) is 0 Å². The van der Waals surface area contributed by atoms with Gasteiger partial charge in [0.05, 0.1) is 0 Å². The molecule has 0 aliphatic rings. The maximum atomic E-state index is 13.5. The number of nitrogens with zero attached hydrogens (tertiary/aromatic N) is 1. The van der Waals surface area contributed by atoms with Crippen molar-refractivity contribution in [2.75, 3.05) is 13.1 Å². The van der Waals surface area contributed by atoms with E-state index in [1.807, 2.05) is 6.92 Å². The van der Waals surface area contributed by atoms with E-state index in [9.17, 15) is 8.78 Å². The zero-order chi connectivity index (χ0) is 15.8. The maximum Gasteiger partial charge on any atom is 0.191 e. The van der Waals surface area contributed by atoms with E-state index in [0.29, 0.717) is 30.4 Å². The van der Waals surface area contributed by atoms with Crippen molar-refractivity contribution in [3.63, 3.8) is 0 Å². The van der Waals surface area contributed by atoms with Crippen LogP contribution in [0.5, 0.6) is 0 Å². The minimum Gasteiger partial charge on any atom is -0.357 e. The summed E-state index contributed by atoms with van der Waals surface area (Å²) in [4.78, 5) is 4.41. The first kappa shape index (κ1) is 17.4. The predicted molar refractivity (Wildman–Crippen MR) is 83.5 cm³/mol. The summed E-state index contributed by atoms with van der Waals surface area (Å²) in [6, 6.07) is 4.51. The molecule has 3 nitrogen and oxygen atoms in total. The van der Waals surface area contributed by atoms with Crippen LogP contribution in [-0.4, -0.2) is 25.1 Å². The molecule has 1 aromatic rings. The lowest BCUT2D eigenvalue weighted by Gasteiger charge is -2.20. The standard InChI is InChI=1S/C16H25F2N3/c1-5-19-16(21-12(4)11(2)3)20-10-9-13-7-6-8-14(17)15(13)18/h6-8,11-12H,5,9-10H2,1-4H3,(H2,19,20,21). The third kappa shape index (κ3) is 5.69. The van der Waals surface area contributed by atoms with Crippen LogP contribution in [0.1, 0.15) is 33.3 Å². The van der Waals surface area contributed by atoms with E-state index in [1.54, 1.807) is 6.07 Å². The van der Waals surface area contributed by atoms with Gasteiger partial charge >= 0.3 is 0 Å². The molecule has 0 aliphatic heterocycles. The molecule has 0 saturated heterocycles. The molecular weight excluding hydrogens is 272 g/mol. The number of rotatable bonds is 6. The Bertz CT molecular complexity index is 473. The fourth-order valence-electron chi connectivity index (χ4n) is 1.73. The Morgan fingerprint density at radius 2 is 1.95 bits per heavy atom. The molecule has 118 valence electrons. The van der Waals surface area contributed by atoms with Crippen molar-refractivity contribution < 1.29 is 8.78 Å². The Kier molecular flexibility index (Phi) is 7.12. The number of nitrogens with one attached hydrogen (secondary N) is 2. The maximum absolute atomic E-state index is 13.5. The number of aliphatic imine (C=N–C) groups is 1. The average molecular weight is 297 g/mol. The fraction of sp³-hybridized carbons (Fsp3) is 0.562. The third-order valence-corrected chi connectivity index (χ3v) is 3.39. The molecular formula is C16H25F2N3. The van der Waals surface area contributed by atoms with E-state index in [1.165, 1.54) is 6.07 Å². The Labute approximate surface area is 125 Å². The smallest absolute Gasteiger partial charge is 0.191 e. The number of halogens is 2. The van der Waals surface area contributed by atoms with Crippen LogP contribution in [0.2, 0.25) is 0 Å². The van der Waals surface area contributed by atoms with Gasteiger partial charge in [0, 0.05) is 19.1 Å². The molecule has 0 fully saturated rings. The van der Waals surface area contributed by atoms with Gasteiger partial charge in [-0.1, -0.05) is 26.0 Å². The highest BCUT2D eigenvalue weighted by molar-refractivity contribution is 5.80. The highest BCUT2D eigenvalue weighted by Gasteiger charge is 2.09. The molecule has 2 N–H and O–H groups in total.